The number of aliphatic carboxylic acids is 1. The standard InChI is InChI=1S/C29H47FN12O8/c30-16-6-2-1-5-15(16)13-20(25(47)42-21(14-43)26(48)40-19(27(49)50)8-4-12-38-29(35)36)41-24(46)18(7-3-11-37-28(33)34)39-23(45)17(31)9-10-22(32)44/h1-2,5-6,17-21,43H,3-4,7-14,31H2,(H2,32,44)(H,39,45)(H,40,48)(H,41,46)(H,42,47)(H,49,50)(H4,33,34,37)(H4,35,36,38)/t17-,18-,19-,20-,21-/m0/s1. The molecule has 21 heteroatoms. The Morgan fingerprint density at radius 3 is 1.70 bits per heavy atom. The van der Waals surface area contributed by atoms with E-state index in [4.69, 9.17) is 34.4 Å². The van der Waals surface area contributed by atoms with Gasteiger partial charge in [0.2, 0.25) is 29.5 Å². The number of carbonyl (C=O) groups is 6. The fourth-order valence-electron chi connectivity index (χ4n) is 4.35. The second-order valence-electron chi connectivity index (χ2n) is 11.1. The predicted octanol–water partition coefficient (Wildman–Crippen LogP) is -4.92. The van der Waals surface area contributed by atoms with E-state index in [0.29, 0.717) is 0 Å². The van der Waals surface area contributed by atoms with Crippen LogP contribution in [0.1, 0.15) is 44.1 Å². The highest BCUT2D eigenvalue weighted by atomic mass is 19.1. The molecule has 0 radical (unpaired) electrons. The number of aliphatic hydroxyl groups is 1. The highest BCUT2D eigenvalue weighted by Crippen LogP contribution is 2.11. The minimum absolute atomic E-state index is 0.00789. The number of benzene rings is 1. The Morgan fingerprint density at radius 1 is 0.700 bits per heavy atom. The fraction of sp³-hybridized carbons (Fsp3) is 0.517. The maximum atomic E-state index is 14.7. The van der Waals surface area contributed by atoms with Crippen molar-refractivity contribution in [2.45, 2.75) is 75.2 Å². The summed E-state index contributed by atoms with van der Waals surface area (Å²) in [5.74, 6) is -7.10. The summed E-state index contributed by atoms with van der Waals surface area (Å²) < 4.78 is 14.7. The van der Waals surface area contributed by atoms with Crippen molar-refractivity contribution in [2.75, 3.05) is 19.7 Å². The number of carboxylic acids is 1. The Labute approximate surface area is 287 Å². The van der Waals surface area contributed by atoms with Gasteiger partial charge < -0.3 is 65.9 Å². The topological polar surface area (TPSA) is 372 Å². The molecule has 0 saturated heterocycles. The number of nitrogens with one attached hydrogen (secondary N) is 4. The van der Waals surface area contributed by atoms with Crippen LogP contribution in [0.25, 0.3) is 0 Å². The zero-order valence-corrected chi connectivity index (χ0v) is 27.3. The van der Waals surface area contributed by atoms with Crippen LogP contribution in [0.2, 0.25) is 0 Å². The smallest absolute Gasteiger partial charge is 0.326 e. The van der Waals surface area contributed by atoms with Crippen LogP contribution >= 0.6 is 0 Å². The fourth-order valence-corrected chi connectivity index (χ4v) is 4.35. The van der Waals surface area contributed by atoms with Crippen LogP contribution in [-0.2, 0) is 35.2 Å². The first-order valence-electron chi connectivity index (χ1n) is 15.5. The van der Waals surface area contributed by atoms with E-state index < -0.39 is 84.6 Å². The molecule has 278 valence electrons. The van der Waals surface area contributed by atoms with Crippen LogP contribution < -0.4 is 55.7 Å². The van der Waals surface area contributed by atoms with Gasteiger partial charge in [0.25, 0.3) is 0 Å². The van der Waals surface area contributed by atoms with Crippen molar-refractivity contribution in [1.82, 2.24) is 21.3 Å². The van der Waals surface area contributed by atoms with E-state index in [1.807, 2.05) is 0 Å². The highest BCUT2D eigenvalue weighted by Gasteiger charge is 2.32. The first-order chi connectivity index (χ1) is 23.5. The first-order valence-corrected chi connectivity index (χ1v) is 15.5. The van der Waals surface area contributed by atoms with Gasteiger partial charge in [0.05, 0.1) is 12.6 Å². The molecule has 5 atom stereocenters. The monoisotopic (exact) mass is 710 g/mol. The molecule has 1 aromatic rings. The summed E-state index contributed by atoms with van der Waals surface area (Å²) in [5.41, 5.74) is 32.1. The molecule has 18 N–H and O–H groups in total. The van der Waals surface area contributed by atoms with Crippen LogP contribution in [0.4, 0.5) is 4.39 Å². The van der Waals surface area contributed by atoms with Gasteiger partial charge in [-0.25, -0.2) is 9.18 Å². The van der Waals surface area contributed by atoms with Gasteiger partial charge >= 0.3 is 5.97 Å². The van der Waals surface area contributed by atoms with Crippen molar-refractivity contribution in [1.29, 1.82) is 0 Å². The molecular weight excluding hydrogens is 663 g/mol. The quantitative estimate of drug-likeness (QED) is 0.0288. The van der Waals surface area contributed by atoms with Crippen LogP contribution in [0, 0.1) is 5.82 Å². The van der Waals surface area contributed by atoms with E-state index in [1.165, 1.54) is 18.2 Å². The average molecular weight is 711 g/mol. The Balaban J connectivity index is 3.25. The van der Waals surface area contributed by atoms with E-state index in [-0.39, 0.29) is 69.1 Å². The maximum Gasteiger partial charge on any atom is 0.326 e. The molecule has 1 rings (SSSR count). The van der Waals surface area contributed by atoms with Crippen LogP contribution in [-0.4, -0.2) is 108 Å². The summed E-state index contributed by atoms with van der Waals surface area (Å²) in [4.78, 5) is 83.2. The van der Waals surface area contributed by atoms with Crippen molar-refractivity contribution >= 4 is 47.4 Å². The summed E-state index contributed by atoms with van der Waals surface area (Å²) in [6.45, 7) is -0.840. The lowest BCUT2D eigenvalue weighted by Crippen LogP contribution is -2.59. The predicted molar refractivity (Wildman–Crippen MR) is 179 cm³/mol. The summed E-state index contributed by atoms with van der Waals surface area (Å²) in [5, 5.41) is 28.8. The number of aliphatic imine (C=N–C) groups is 2. The molecule has 20 nitrogen and oxygen atoms in total. The number of carbonyl (C=O) groups excluding carboxylic acids is 5. The van der Waals surface area contributed by atoms with Crippen molar-refractivity contribution in [3.05, 3.63) is 35.6 Å². The van der Waals surface area contributed by atoms with E-state index >= 15 is 0 Å². The summed E-state index contributed by atoms with van der Waals surface area (Å²) in [6.07, 6.45) is -0.594. The molecule has 5 amide bonds. The average Bonchev–Trinajstić information content (AvgIpc) is 3.04. The Hall–Kier alpha value is -5.57. The van der Waals surface area contributed by atoms with Gasteiger partial charge in [0, 0.05) is 25.9 Å². The van der Waals surface area contributed by atoms with Crippen molar-refractivity contribution in [3.8, 4) is 0 Å². The van der Waals surface area contributed by atoms with E-state index in [0.717, 1.165) is 6.07 Å². The number of amides is 5. The molecule has 0 bridgehead atoms. The Morgan fingerprint density at radius 2 is 1.18 bits per heavy atom. The third-order valence-corrected chi connectivity index (χ3v) is 7.01. The van der Waals surface area contributed by atoms with Crippen LogP contribution in [0.5, 0.6) is 0 Å². The number of hydrogen-bond donors (Lipinski definition) is 12. The molecule has 50 heavy (non-hydrogen) atoms. The van der Waals surface area contributed by atoms with Crippen molar-refractivity contribution in [2.24, 2.45) is 44.4 Å². The van der Waals surface area contributed by atoms with Crippen LogP contribution in [0.3, 0.4) is 0 Å². The molecule has 0 heterocycles. The molecule has 0 saturated carbocycles. The minimum atomic E-state index is -1.69. The largest absolute Gasteiger partial charge is 0.480 e. The van der Waals surface area contributed by atoms with Crippen molar-refractivity contribution < 1.29 is 43.4 Å². The molecule has 0 aliphatic heterocycles. The molecule has 1 aromatic carbocycles. The summed E-state index contributed by atoms with van der Waals surface area (Å²) in [7, 11) is 0. The summed E-state index contributed by atoms with van der Waals surface area (Å²) in [6, 6.07) is -1.92. The number of halogens is 1. The third-order valence-electron chi connectivity index (χ3n) is 7.01. The van der Waals surface area contributed by atoms with Crippen molar-refractivity contribution in [3.63, 3.8) is 0 Å². The second-order valence-corrected chi connectivity index (χ2v) is 11.1. The molecule has 0 spiro atoms. The molecule has 0 aromatic heterocycles. The number of hydrogen-bond acceptors (Lipinski definition) is 10. The van der Waals surface area contributed by atoms with Gasteiger partial charge in [-0.3, -0.25) is 34.0 Å². The zero-order valence-electron chi connectivity index (χ0n) is 27.3. The van der Waals surface area contributed by atoms with Gasteiger partial charge in [0.1, 0.15) is 30.0 Å². The lowest BCUT2D eigenvalue weighted by molar-refractivity contribution is -0.142. The maximum absolute atomic E-state index is 14.7. The molecular formula is C29H47FN12O8. The van der Waals surface area contributed by atoms with Gasteiger partial charge in [-0.1, -0.05) is 18.2 Å². The number of carboxylic acid groups (broad SMARTS) is 1. The number of aliphatic hydroxyl groups excluding tert-OH is 1. The first kappa shape index (κ1) is 42.5. The number of nitrogens with zero attached hydrogens (tertiary/aromatic N) is 2. The number of primary amides is 1. The molecule has 0 aliphatic rings. The highest BCUT2D eigenvalue weighted by molar-refractivity contribution is 5.95. The number of rotatable bonds is 23. The van der Waals surface area contributed by atoms with E-state index in [9.17, 15) is 43.4 Å². The molecule has 0 aliphatic carbocycles. The lowest BCUT2D eigenvalue weighted by atomic mass is 10.0. The Bertz CT molecular complexity index is 1390. The normalized spacial score (nSPS) is 13.7. The second kappa shape index (κ2) is 22.1. The van der Waals surface area contributed by atoms with Gasteiger partial charge in [-0.2, -0.15) is 0 Å². The van der Waals surface area contributed by atoms with E-state index in [1.54, 1.807) is 0 Å². The third kappa shape index (κ3) is 16.5. The Kier molecular flexibility index (Phi) is 18.8. The van der Waals surface area contributed by atoms with Gasteiger partial charge in [-0.15, -0.1) is 0 Å². The zero-order chi connectivity index (χ0) is 37.8. The molecule has 0 unspecified atom stereocenters. The lowest BCUT2D eigenvalue weighted by Gasteiger charge is -2.26. The van der Waals surface area contributed by atoms with Crippen LogP contribution in [0.15, 0.2) is 34.3 Å². The number of nitrogens with two attached hydrogens (primary N) is 6. The summed E-state index contributed by atoms with van der Waals surface area (Å²) >= 11 is 0. The van der Waals surface area contributed by atoms with Gasteiger partial charge in [0.15, 0.2) is 11.9 Å². The molecule has 0 fully saturated rings. The van der Waals surface area contributed by atoms with Gasteiger partial charge in [-0.05, 0) is 43.7 Å². The minimum Gasteiger partial charge on any atom is -0.480 e. The SMILES string of the molecule is NC(=O)CC[C@H](N)C(=O)N[C@@H](CCCN=C(N)N)C(=O)N[C@@H](Cc1ccccc1F)C(=O)N[C@@H](CO)C(=O)N[C@@H](CCCN=C(N)N)C(=O)O. The number of guanidine groups is 2. The van der Waals surface area contributed by atoms with E-state index in [2.05, 4.69) is 31.3 Å².